The van der Waals surface area contributed by atoms with Crippen molar-refractivity contribution in [2.24, 2.45) is 5.92 Å². The number of hydrogen-bond donors (Lipinski definition) is 2. The Kier molecular flexibility index (Phi) is 3.53. The number of hydrogen-bond acceptors (Lipinski definition) is 3. The third-order valence-electron chi connectivity index (χ3n) is 3.83. The number of carbonyl (C=O) groups is 2. The monoisotopic (exact) mass is 289 g/mol. The van der Waals surface area contributed by atoms with E-state index in [1.54, 1.807) is 24.3 Å². The molecule has 1 heterocycles. The zero-order valence-corrected chi connectivity index (χ0v) is 11.7. The van der Waals surface area contributed by atoms with Gasteiger partial charge < -0.3 is 10.4 Å². The molecule has 0 radical (unpaired) electrons. The smallest absolute Gasteiger partial charge is 0.334 e. The van der Waals surface area contributed by atoms with Gasteiger partial charge in [-0.3, -0.25) is 4.79 Å². The Morgan fingerprint density at radius 3 is 2.65 bits per heavy atom. The van der Waals surface area contributed by atoms with Crippen molar-refractivity contribution in [3.63, 3.8) is 0 Å². The SMILES string of the molecule is O=C(O)C1=C(NC(=O)c2ccccc2)SC2CCCC12. The van der Waals surface area contributed by atoms with Gasteiger partial charge in [0.25, 0.3) is 5.91 Å². The molecule has 2 atom stereocenters. The Balaban J connectivity index is 1.83. The van der Waals surface area contributed by atoms with Crippen LogP contribution < -0.4 is 5.32 Å². The summed E-state index contributed by atoms with van der Waals surface area (Å²) in [4.78, 5) is 23.6. The van der Waals surface area contributed by atoms with Crippen LogP contribution in [0.1, 0.15) is 29.6 Å². The molecule has 104 valence electrons. The lowest BCUT2D eigenvalue weighted by Crippen LogP contribution is -2.23. The van der Waals surface area contributed by atoms with Crippen molar-refractivity contribution in [1.29, 1.82) is 0 Å². The minimum absolute atomic E-state index is 0.0866. The van der Waals surface area contributed by atoms with Gasteiger partial charge in [-0.25, -0.2) is 4.79 Å². The van der Waals surface area contributed by atoms with Gasteiger partial charge in [0, 0.05) is 16.7 Å². The van der Waals surface area contributed by atoms with Crippen LogP contribution in [-0.4, -0.2) is 22.2 Å². The molecular weight excluding hydrogens is 274 g/mol. The first-order valence-corrected chi connectivity index (χ1v) is 7.55. The van der Waals surface area contributed by atoms with Crippen molar-refractivity contribution in [1.82, 2.24) is 5.32 Å². The topological polar surface area (TPSA) is 66.4 Å². The highest BCUT2D eigenvalue weighted by atomic mass is 32.2. The summed E-state index contributed by atoms with van der Waals surface area (Å²) in [6, 6.07) is 8.86. The molecule has 20 heavy (non-hydrogen) atoms. The summed E-state index contributed by atoms with van der Waals surface area (Å²) < 4.78 is 0. The lowest BCUT2D eigenvalue weighted by atomic mass is 9.98. The van der Waals surface area contributed by atoms with E-state index < -0.39 is 5.97 Å². The molecule has 1 aromatic carbocycles. The zero-order chi connectivity index (χ0) is 14.1. The third-order valence-corrected chi connectivity index (χ3v) is 5.26. The second kappa shape index (κ2) is 5.32. The number of amides is 1. The molecule has 1 fully saturated rings. The summed E-state index contributed by atoms with van der Waals surface area (Å²) >= 11 is 1.51. The number of nitrogens with one attached hydrogen (secondary N) is 1. The number of thioether (sulfide) groups is 1. The summed E-state index contributed by atoms with van der Waals surface area (Å²) in [5, 5.41) is 13.0. The maximum atomic E-state index is 12.1. The van der Waals surface area contributed by atoms with Gasteiger partial charge in [0.2, 0.25) is 0 Å². The Morgan fingerprint density at radius 2 is 1.95 bits per heavy atom. The van der Waals surface area contributed by atoms with Gasteiger partial charge >= 0.3 is 5.97 Å². The minimum Gasteiger partial charge on any atom is -0.478 e. The minimum atomic E-state index is -0.907. The molecule has 0 aromatic heterocycles. The van der Waals surface area contributed by atoms with Gasteiger partial charge in [-0.05, 0) is 25.0 Å². The lowest BCUT2D eigenvalue weighted by Gasteiger charge is -2.08. The normalized spacial score (nSPS) is 24.6. The van der Waals surface area contributed by atoms with E-state index in [4.69, 9.17) is 0 Å². The molecule has 2 N–H and O–H groups in total. The van der Waals surface area contributed by atoms with Gasteiger partial charge in [0.05, 0.1) is 10.6 Å². The predicted octanol–water partition coefficient (Wildman–Crippen LogP) is 2.63. The molecule has 2 unspecified atom stereocenters. The highest BCUT2D eigenvalue weighted by Crippen LogP contribution is 2.49. The first-order chi connectivity index (χ1) is 9.66. The maximum absolute atomic E-state index is 12.1. The third kappa shape index (κ3) is 2.33. The molecule has 0 bridgehead atoms. The van der Waals surface area contributed by atoms with Crippen molar-refractivity contribution in [2.75, 3.05) is 0 Å². The quantitative estimate of drug-likeness (QED) is 0.897. The Hall–Kier alpha value is -1.75. The highest BCUT2D eigenvalue weighted by molar-refractivity contribution is 8.04. The van der Waals surface area contributed by atoms with Gasteiger partial charge in [0.1, 0.15) is 0 Å². The van der Waals surface area contributed by atoms with Crippen LogP contribution >= 0.6 is 11.8 Å². The van der Waals surface area contributed by atoms with Crippen molar-refractivity contribution in [3.05, 3.63) is 46.5 Å². The molecule has 1 saturated carbocycles. The van der Waals surface area contributed by atoms with Gasteiger partial charge in [-0.15, -0.1) is 11.8 Å². The van der Waals surface area contributed by atoms with Crippen LogP contribution in [-0.2, 0) is 4.79 Å². The number of rotatable bonds is 3. The molecule has 5 heteroatoms. The number of fused-ring (bicyclic) bond motifs is 1. The van der Waals surface area contributed by atoms with Gasteiger partial charge in [-0.1, -0.05) is 24.6 Å². The number of carbonyl (C=O) groups excluding carboxylic acids is 1. The highest BCUT2D eigenvalue weighted by Gasteiger charge is 2.42. The zero-order valence-electron chi connectivity index (χ0n) is 10.8. The largest absolute Gasteiger partial charge is 0.478 e. The Bertz CT molecular complexity index is 582. The van der Waals surface area contributed by atoms with E-state index in [0.29, 0.717) is 21.4 Å². The second-order valence-electron chi connectivity index (χ2n) is 5.06. The summed E-state index contributed by atoms with van der Waals surface area (Å²) in [5.41, 5.74) is 0.934. The van der Waals surface area contributed by atoms with Gasteiger partial charge in [-0.2, -0.15) is 0 Å². The van der Waals surface area contributed by atoms with E-state index in [2.05, 4.69) is 5.32 Å². The molecule has 2 aliphatic rings. The van der Waals surface area contributed by atoms with Crippen molar-refractivity contribution in [3.8, 4) is 0 Å². The fourth-order valence-electron chi connectivity index (χ4n) is 2.90. The van der Waals surface area contributed by atoms with Crippen LogP contribution in [0.2, 0.25) is 0 Å². The van der Waals surface area contributed by atoms with Crippen molar-refractivity contribution >= 4 is 23.6 Å². The van der Waals surface area contributed by atoms with E-state index in [1.807, 2.05) is 6.07 Å². The van der Waals surface area contributed by atoms with Crippen LogP contribution in [0, 0.1) is 5.92 Å². The molecule has 4 nitrogen and oxygen atoms in total. The maximum Gasteiger partial charge on any atom is 0.334 e. The first-order valence-electron chi connectivity index (χ1n) is 6.67. The summed E-state index contributed by atoms with van der Waals surface area (Å²) in [5.74, 6) is -1.06. The summed E-state index contributed by atoms with van der Waals surface area (Å²) in [7, 11) is 0. The lowest BCUT2D eigenvalue weighted by molar-refractivity contribution is -0.133. The molecule has 0 saturated heterocycles. The molecule has 3 rings (SSSR count). The first kappa shape index (κ1) is 13.2. The van der Waals surface area contributed by atoms with E-state index in [0.717, 1.165) is 19.3 Å². The predicted molar refractivity (Wildman–Crippen MR) is 77.3 cm³/mol. The molecule has 1 aliphatic carbocycles. The molecular formula is C15H15NO3S. The van der Waals surface area contributed by atoms with Crippen LogP contribution in [0.5, 0.6) is 0 Å². The summed E-state index contributed by atoms with van der Waals surface area (Å²) in [6.07, 6.45) is 3.00. The van der Waals surface area contributed by atoms with Crippen LogP contribution in [0.4, 0.5) is 0 Å². The van der Waals surface area contributed by atoms with E-state index in [1.165, 1.54) is 11.8 Å². The number of carboxylic acid groups (broad SMARTS) is 1. The van der Waals surface area contributed by atoms with E-state index >= 15 is 0 Å². The second-order valence-corrected chi connectivity index (χ2v) is 6.31. The average Bonchev–Trinajstić information content (AvgIpc) is 2.99. The fourth-order valence-corrected chi connectivity index (χ4v) is 4.44. The van der Waals surface area contributed by atoms with Crippen molar-refractivity contribution < 1.29 is 14.7 Å². The number of aliphatic carboxylic acids is 1. The molecule has 1 aliphatic heterocycles. The fraction of sp³-hybridized carbons (Fsp3) is 0.333. The van der Waals surface area contributed by atoms with E-state index in [-0.39, 0.29) is 11.8 Å². The van der Waals surface area contributed by atoms with Crippen LogP contribution in [0.3, 0.4) is 0 Å². The standard InChI is InChI=1S/C15H15NO3S/c17-13(9-5-2-1-3-6-9)16-14-12(15(18)19)10-7-4-8-11(10)20-14/h1-3,5-6,10-11H,4,7-8H2,(H,16,17)(H,18,19). The Labute approximate surface area is 121 Å². The van der Waals surface area contributed by atoms with Crippen LogP contribution in [0.15, 0.2) is 40.9 Å². The van der Waals surface area contributed by atoms with E-state index in [9.17, 15) is 14.7 Å². The van der Waals surface area contributed by atoms with Crippen molar-refractivity contribution in [2.45, 2.75) is 24.5 Å². The summed E-state index contributed by atoms with van der Waals surface area (Å²) in [6.45, 7) is 0. The van der Waals surface area contributed by atoms with Gasteiger partial charge in [0.15, 0.2) is 0 Å². The molecule has 1 aromatic rings. The number of carboxylic acids is 1. The Morgan fingerprint density at radius 1 is 1.20 bits per heavy atom. The molecule has 0 spiro atoms. The average molecular weight is 289 g/mol. The van der Waals surface area contributed by atoms with Crippen LogP contribution in [0.25, 0.3) is 0 Å². The molecule has 1 amide bonds. The number of benzene rings is 1.